The van der Waals surface area contributed by atoms with E-state index >= 15 is 0 Å². The molecule has 1 aliphatic carbocycles. The van der Waals surface area contributed by atoms with Crippen LogP contribution in [-0.2, 0) is 23.6 Å². The Kier molecular flexibility index (Phi) is 4.91. The van der Waals surface area contributed by atoms with Crippen LogP contribution < -0.4 is 5.32 Å². The van der Waals surface area contributed by atoms with Gasteiger partial charge in [0.05, 0.1) is 6.04 Å². The fourth-order valence-electron chi connectivity index (χ4n) is 3.21. The minimum absolute atomic E-state index is 0.0666. The molecule has 2 aromatic rings. The number of benzene rings is 2. The topological polar surface area (TPSA) is 46.2 Å². The van der Waals surface area contributed by atoms with Gasteiger partial charge in [-0.05, 0) is 42.0 Å². The van der Waals surface area contributed by atoms with E-state index in [4.69, 9.17) is 0 Å². The van der Waals surface area contributed by atoms with Gasteiger partial charge in [-0.1, -0.05) is 42.5 Å². The summed E-state index contributed by atoms with van der Waals surface area (Å²) in [5.74, 6) is 0.355. The number of hydrogen-bond donors (Lipinski definition) is 1. The lowest BCUT2D eigenvalue weighted by atomic mass is 10.0. The number of rotatable bonds is 5. The quantitative estimate of drug-likeness (QED) is 0.917. The number of nitrogens with one attached hydrogen (secondary N) is 1. The molecule has 1 aliphatic rings. The summed E-state index contributed by atoms with van der Waals surface area (Å²) in [6.07, 6.45) is 4.80. The van der Waals surface area contributed by atoms with E-state index in [0.717, 1.165) is 30.4 Å². The van der Waals surface area contributed by atoms with Crippen molar-refractivity contribution in [1.82, 2.24) is 5.32 Å². The SMILES string of the molecule is CS(=O)CC(NC(=O)c1cccc2c1CCC2)c1ccccc1. The van der Waals surface area contributed by atoms with Crippen molar-refractivity contribution in [2.75, 3.05) is 12.0 Å². The Morgan fingerprint density at radius 2 is 1.91 bits per heavy atom. The predicted octanol–water partition coefficient (Wildman–Crippen LogP) is 3.02. The Morgan fingerprint density at radius 3 is 2.65 bits per heavy atom. The molecule has 0 aromatic heterocycles. The molecule has 0 aliphatic heterocycles. The molecule has 0 radical (unpaired) electrons. The lowest BCUT2D eigenvalue weighted by Gasteiger charge is -2.19. The monoisotopic (exact) mass is 327 g/mol. The Labute approximate surface area is 139 Å². The lowest BCUT2D eigenvalue weighted by molar-refractivity contribution is 0.0939. The smallest absolute Gasteiger partial charge is 0.252 e. The molecule has 0 spiro atoms. The van der Waals surface area contributed by atoms with Gasteiger partial charge in [0.2, 0.25) is 0 Å². The number of hydrogen-bond acceptors (Lipinski definition) is 2. The largest absolute Gasteiger partial charge is 0.344 e. The molecule has 120 valence electrons. The molecule has 0 bridgehead atoms. The average Bonchev–Trinajstić information content (AvgIpc) is 3.03. The van der Waals surface area contributed by atoms with Gasteiger partial charge >= 0.3 is 0 Å². The highest BCUT2D eigenvalue weighted by molar-refractivity contribution is 7.84. The molecule has 2 unspecified atom stereocenters. The zero-order valence-electron chi connectivity index (χ0n) is 13.2. The molecule has 1 amide bonds. The maximum Gasteiger partial charge on any atom is 0.252 e. The van der Waals surface area contributed by atoms with Crippen LogP contribution in [0.5, 0.6) is 0 Å². The van der Waals surface area contributed by atoms with Crippen LogP contribution in [0.15, 0.2) is 48.5 Å². The molecular formula is C19H21NO2S. The van der Waals surface area contributed by atoms with Crippen LogP contribution in [0.3, 0.4) is 0 Å². The Hall–Kier alpha value is -1.94. The number of carbonyl (C=O) groups excluding carboxylic acids is 1. The van der Waals surface area contributed by atoms with E-state index in [0.29, 0.717) is 5.75 Å². The van der Waals surface area contributed by atoms with Crippen molar-refractivity contribution in [3.8, 4) is 0 Å². The van der Waals surface area contributed by atoms with Crippen molar-refractivity contribution in [2.24, 2.45) is 0 Å². The standard InChI is InChI=1S/C19H21NO2S/c1-23(22)13-18(15-7-3-2-4-8-15)20-19(21)17-12-6-10-14-9-5-11-16(14)17/h2-4,6-8,10,12,18H,5,9,11,13H2,1H3,(H,20,21). The molecule has 0 fully saturated rings. The Balaban J connectivity index is 1.84. The van der Waals surface area contributed by atoms with Gasteiger partial charge in [-0.2, -0.15) is 0 Å². The minimum Gasteiger partial charge on any atom is -0.344 e. The minimum atomic E-state index is -0.983. The average molecular weight is 327 g/mol. The first kappa shape index (κ1) is 15.9. The number of carbonyl (C=O) groups is 1. The second-order valence-electron chi connectivity index (χ2n) is 5.97. The summed E-state index contributed by atoms with van der Waals surface area (Å²) in [6.45, 7) is 0. The highest BCUT2D eigenvalue weighted by atomic mass is 32.2. The van der Waals surface area contributed by atoms with Crippen molar-refractivity contribution in [1.29, 1.82) is 0 Å². The summed E-state index contributed by atoms with van der Waals surface area (Å²) in [5.41, 5.74) is 4.22. The van der Waals surface area contributed by atoms with Gasteiger partial charge in [0.15, 0.2) is 0 Å². The highest BCUT2D eigenvalue weighted by Gasteiger charge is 2.22. The summed E-state index contributed by atoms with van der Waals surface area (Å²) in [4.78, 5) is 12.8. The first-order valence-corrected chi connectivity index (χ1v) is 9.64. The predicted molar refractivity (Wildman–Crippen MR) is 94.0 cm³/mol. The van der Waals surface area contributed by atoms with E-state index in [1.807, 2.05) is 42.5 Å². The molecule has 2 aromatic carbocycles. The van der Waals surface area contributed by atoms with Gasteiger partial charge in [0.25, 0.3) is 5.91 Å². The van der Waals surface area contributed by atoms with E-state index in [1.165, 1.54) is 11.1 Å². The van der Waals surface area contributed by atoms with Crippen molar-refractivity contribution >= 4 is 16.7 Å². The summed E-state index contributed by atoms with van der Waals surface area (Å²) in [5, 5.41) is 3.08. The fourth-order valence-corrected chi connectivity index (χ4v) is 3.95. The van der Waals surface area contributed by atoms with Crippen molar-refractivity contribution < 1.29 is 9.00 Å². The second kappa shape index (κ2) is 7.09. The zero-order chi connectivity index (χ0) is 16.2. The van der Waals surface area contributed by atoms with Gasteiger partial charge < -0.3 is 5.32 Å². The Bertz CT molecular complexity index is 727. The first-order chi connectivity index (χ1) is 11.1. The molecule has 1 N–H and O–H groups in total. The van der Waals surface area contributed by atoms with E-state index in [2.05, 4.69) is 11.4 Å². The van der Waals surface area contributed by atoms with E-state index in [-0.39, 0.29) is 11.9 Å². The zero-order valence-corrected chi connectivity index (χ0v) is 14.1. The van der Waals surface area contributed by atoms with Gasteiger partial charge in [-0.25, -0.2) is 0 Å². The summed E-state index contributed by atoms with van der Waals surface area (Å²) in [7, 11) is -0.983. The van der Waals surface area contributed by atoms with Crippen LogP contribution in [0.25, 0.3) is 0 Å². The van der Waals surface area contributed by atoms with Crippen molar-refractivity contribution in [3.05, 3.63) is 70.8 Å². The first-order valence-electron chi connectivity index (χ1n) is 7.92. The molecule has 4 heteroatoms. The second-order valence-corrected chi connectivity index (χ2v) is 7.45. The molecule has 23 heavy (non-hydrogen) atoms. The third-order valence-electron chi connectivity index (χ3n) is 4.30. The summed E-state index contributed by atoms with van der Waals surface area (Å²) in [6, 6.07) is 15.5. The van der Waals surface area contributed by atoms with E-state index < -0.39 is 10.8 Å². The fraction of sp³-hybridized carbons (Fsp3) is 0.316. The molecule has 3 rings (SSSR count). The normalized spacial score (nSPS) is 15.7. The van der Waals surface area contributed by atoms with Crippen LogP contribution in [-0.4, -0.2) is 22.1 Å². The van der Waals surface area contributed by atoms with Crippen LogP contribution in [0.4, 0.5) is 0 Å². The van der Waals surface area contributed by atoms with Crippen LogP contribution >= 0.6 is 0 Å². The van der Waals surface area contributed by atoms with Crippen molar-refractivity contribution in [2.45, 2.75) is 25.3 Å². The molecule has 0 heterocycles. The van der Waals surface area contributed by atoms with Crippen LogP contribution in [0.1, 0.15) is 39.5 Å². The summed E-state index contributed by atoms with van der Waals surface area (Å²) < 4.78 is 11.7. The highest BCUT2D eigenvalue weighted by Crippen LogP contribution is 2.26. The third-order valence-corrected chi connectivity index (χ3v) is 5.10. The van der Waals surface area contributed by atoms with E-state index in [9.17, 15) is 9.00 Å². The van der Waals surface area contributed by atoms with Gasteiger partial charge in [-0.15, -0.1) is 0 Å². The lowest BCUT2D eigenvalue weighted by Crippen LogP contribution is -2.32. The van der Waals surface area contributed by atoms with Gasteiger partial charge in [0, 0.05) is 28.4 Å². The van der Waals surface area contributed by atoms with Crippen LogP contribution in [0.2, 0.25) is 0 Å². The molecule has 0 saturated carbocycles. The van der Waals surface area contributed by atoms with Crippen LogP contribution in [0, 0.1) is 0 Å². The van der Waals surface area contributed by atoms with E-state index in [1.54, 1.807) is 6.26 Å². The number of fused-ring (bicyclic) bond motifs is 1. The molecule has 2 atom stereocenters. The van der Waals surface area contributed by atoms with Gasteiger partial charge in [0.1, 0.15) is 0 Å². The molecule has 0 saturated heterocycles. The maximum atomic E-state index is 12.8. The third kappa shape index (κ3) is 3.70. The Morgan fingerprint density at radius 1 is 1.13 bits per heavy atom. The number of aryl methyl sites for hydroxylation is 1. The number of amides is 1. The molecular weight excluding hydrogens is 306 g/mol. The summed E-state index contributed by atoms with van der Waals surface area (Å²) >= 11 is 0. The van der Waals surface area contributed by atoms with Gasteiger partial charge in [-0.3, -0.25) is 9.00 Å². The maximum absolute atomic E-state index is 12.8. The van der Waals surface area contributed by atoms with Crippen molar-refractivity contribution in [3.63, 3.8) is 0 Å². The molecule has 3 nitrogen and oxygen atoms in total.